The Hall–Kier alpha value is -4.27. The molecule has 8 heteroatoms. The maximum Gasteiger partial charge on any atom is 0.253 e. The van der Waals surface area contributed by atoms with Gasteiger partial charge in [-0.25, -0.2) is 0 Å². The molecule has 3 aromatic rings. The largest absolute Gasteiger partial charge is 0.394 e. The quantitative estimate of drug-likeness (QED) is 0.275. The monoisotopic (exact) mass is 621 g/mol. The van der Waals surface area contributed by atoms with E-state index in [-0.39, 0.29) is 43.3 Å². The van der Waals surface area contributed by atoms with Crippen molar-refractivity contribution >= 4 is 39.9 Å². The van der Waals surface area contributed by atoms with Gasteiger partial charge in [-0.3, -0.25) is 14.4 Å². The van der Waals surface area contributed by atoms with Gasteiger partial charge in [-0.15, -0.1) is 13.2 Å². The van der Waals surface area contributed by atoms with Crippen LogP contribution in [0.3, 0.4) is 0 Å². The number of para-hydroxylation sites is 1. The van der Waals surface area contributed by atoms with E-state index in [1.807, 2.05) is 86.6 Å². The Morgan fingerprint density at radius 3 is 2.26 bits per heavy atom. The molecular formula is C38H43N3O5. The number of ether oxygens (including phenoxy) is 1. The summed E-state index contributed by atoms with van der Waals surface area (Å²) in [5.41, 5.74) is 0.193. The van der Waals surface area contributed by atoms with Gasteiger partial charge in [0.25, 0.3) is 5.91 Å². The molecule has 1 spiro atoms. The van der Waals surface area contributed by atoms with Crippen molar-refractivity contribution in [3.05, 3.63) is 98.1 Å². The zero-order valence-electron chi connectivity index (χ0n) is 26.6. The maximum absolute atomic E-state index is 15.0. The van der Waals surface area contributed by atoms with Crippen molar-refractivity contribution in [2.75, 3.05) is 29.5 Å². The van der Waals surface area contributed by atoms with Crippen molar-refractivity contribution < 1.29 is 24.2 Å². The van der Waals surface area contributed by atoms with Crippen LogP contribution in [0.4, 0.5) is 11.4 Å². The van der Waals surface area contributed by atoms with Crippen LogP contribution in [0, 0.1) is 17.8 Å². The Bertz CT molecular complexity index is 1640. The van der Waals surface area contributed by atoms with E-state index in [4.69, 9.17) is 4.74 Å². The molecule has 0 saturated carbocycles. The van der Waals surface area contributed by atoms with Gasteiger partial charge in [0.1, 0.15) is 11.6 Å². The highest BCUT2D eigenvalue weighted by Crippen LogP contribution is 2.59. The second-order valence-electron chi connectivity index (χ2n) is 13.1. The van der Waals surface area contributed by atoms with E-state index < -0.39 is 35.6 Å². The van der Waals surface area contributed by atoms with Crippen molar-refractivity contribution in [1.29, 1.82) is 0 Å². The van der Waals surface area contributed by atoms with E-state index in [2.05, 4.69) is 13.2 Å². The Morgan fingerprint density at radius 2 is 1.61 bits per heavy atom. The fraction of sp³-hybridized carbons (Fsp3) is 0.395. The number of benzene rings is 3. The molecule has 3 heterocycles. The second kappa shape index (κ2) is 12.9. The first-order valence-corrected chi connectivity index (χ1v) is 16.2. The number of amides is 3. The Balaban J connectivity index is 1.44. The lowest BCUT2D eigenvalue weighted by Crippen LogP contribution is -2.59. The molecule has 46 heavy (non-hydrogen) atoms. The number of nitrogens with zero attached hydrogens (tertiary/aromatic N) is 3. The molecule has 3 amide bonds. The van der Waals surface area contributed by atoms with Crippen LogP contribution >= 0.6 is 0 Å². The van der Waals surface area contributed by atoms with Gasteiger partial charge >= 0.3 is 0 Å². The molecule has 6 rings (SSSR count). The topological polar surface area (TPSA) is 90.4 Å². The van der Waals surface area contributed by atoms with Crippen LogP contribution in [0.5, 0.6) is 0 Å². The molecule has 0 radical (unpaired) electrons. The van der Waals surface area contributed by atoms with Gasteiger partial charge in [0.05, 0.1) is 30.6 Å². The smallest absolute Gasteiger partial charge is 0.253 e. The van der Waals surface area contributed by atoms with E-state index >= 15 is 4.79 Å². The Morgan fingerprint density at radius 1 is 0.957 bits per heavy atom. The molecule has 3 aliphatic heterocycles. The molecule has 2 bridgehead atoms. The van der Waals surface area contributed by atoms with Crippen LogP contribution in [0.15, 0.2) is 98.1 Å². The molecule has 1 N–H and O–H groups in total. The van der Waals surface area contributed by atoms with Crippen molar-refractivity contribution in [2.24, 2.45) is 17.8 Å². The highest BCUT2D eigenvalue weighted by Gasteiger charge is 2.75. The summed E-state index contributed by atoms with van der Waals surface area (Å²) >= 11 is 0. The van der Waals surface area contributed by atoms with Crippen LogP contribution in [-0.2, 0) is 19.1 Å². The summed E-state index contributed by atoms with van der Waals surface area (Å²) in [6.07, 6.45) is 4.37. The number of likely N-dealkylation sites (tertiary alicyclic amines) is 1. The lowest BCUT2D eigenvalue weighted by atomic mass is 9.70. The van der Waals surface area contributed by atoms with Crippen molar-refractivity contribution in [3.63, 3.8) is 0 Å². The fourth-order valence-electron chi connectivity index (χ4n) is 8.05. The highest BCUT2D eigenvalue weighted by atomic mass is 16.5. The van der Waals surface area contributed by atoms with Crippen LogP contribution < -0.4 is 9.80 Å². The number of aliphatic hydroxyl groups excluding tert-OH is 1. The van der Waals surface area contributed by atoms with Crippen LogP contribution in [0.25, 0.3) is 10.8 Å². The molecule has 3 saturated heterocycles. The Labute approximate surface area is 270 Å². The van der Waals surface area contributed by atoms with Crippen molar-refractivity contribution in [1.82, 2.24) is 4.90 Å². The fourth-order valence-corrected chi connectivity index (χ4v) is 8.05. The number of rotatable bonds is 12. The van der Waals surface area contributed by atoms with Gasteiger partial charge in [0, 0.05) is 24.5 Å². The third-order valence-corrected chi connectivity index (χ3v) is 9.87. The summed E-state index contributed by atoms with van der Waals surface area (Å²) in [4.78, 5) is 49.1. The zero-order valence-corrected chi connectivity index (χ0v) is 26.6. The SMILES string of the molecule is C=CCN(C(=O)C1N([C@@H](CO)CC(C)C)C(=O)[C@@H]2[C@@H](C(=O)N(CC=C)c3ccccc3)[C@H]3CCC12O3)c1ccc2ccccc2c1. The lowest BCUT2D eigenvalue weighted by molar-refractivity contribution is -0.144. The third kappa shape index (κ3) is 5.23. The van der Waals surface area contributed by atoms with E-state index in [1.54, 1.807) is 26.9 Å². The molecule has 3 aliphatic rings. The molecule has 0 aliphatic carbocycles. The summed E-state index contributed by atoms with van der Waals surface area (Å²) in [5, 5.41) is 12.7. The molecular weight excluding hydrogens is 578 g/mol. The number of carbonyl (C=O) groups excluding carboxylic acids is 3. The molecule has 8 nitrogen and oxygen atoms in total. The normalized spacial score (nSPS) is 25.5. The lowest BCUT2D eigenvalue weighted by Gasteiger charge is -2.39. The second-order valence-corrected chi connectivity index (χ2v) is 13.1. The van der Waals surface area contributed by atoms with Crippen molar-refractivity contribution in [2.45, 2.75) is 56.9 Å². The van der Waals surface area contributed by atoms with Crippen LogP contribution in [-0.4, -0.2) is 71.2 Å². The zero-order chi connectivity index (χ0) is 32.6. The van der Waals surface area contributed by atoms with Gasteiger partial charge in [-0.05, 0) is 60.2 Å². The average Bonchev–Trinajstić information content (AvgIpc) is 3.72. The van der Waals surface area contributed by atoms with Gasteiger partial charge < -0.3 is 24.5 Å². The number of anilines is 2. The van der Waals surface area contributed by atoms with Crippen LogP contribution in [0.1, 0.15) is 33.1 Å². The average molecular weight is 622 g/mol. The summed E-state index contributed by atoms with van der Waals surface area (Å²) in [5.74, 6) is -2.29. The standard InChI is InChI=1S/C38H43N3O5/c1-5-20-39(28-14-8-7-9-15-28)35(43)32-31-18-19-38(46-31)33(32)36(44)41(30(24-42)22-25(3)4)34(38)37(45)40(21-6-2)29-17-16-26-12-10-11-13-27(26)23-29/h5-17,23,25,30-34,42H,1-2,18-22,24H2,3-4H3/t30-,31-,32+,33+,34?,38?/m1/s1. The summed E-state index contributed by atoms with van der Waals surface area (Å²) < 4.78 is 6.76. The molecule has 6 atom stereocenters. The van der Waals surface area contributed by atoms with E-state index in [0.29, 0.717) is 30.6 Å². The summed E-state index contributed by atoms with van der Waals surface area (Å²) in [6, 6.07) is 21.5. The Kier molecular flexibility index (Phi) is 8.86. The minimum Gasteiger partial charge on any atom is -0.394 e. The van der Waals surface area contributed by atoms with E-state index in [1.165, 1.54) is 0 Å². The first-order valence-electron chi connectivity index (χ1n) is 16.2. The number of aliphatic hydroxyl groups is 1. The predicted molar refractivity (Wildman–Crippen MR) is 180 cm³/mol. The van der Waals surface area contributed by atoms with Gasteiger partial charge in [0.15, 0.2) is 0 Å². The van der Waals surface area contributed by atoms with Crippen molar-refractivity contribution in [3.8, 4) is 0 Å². The van der Waals surface area contributed by atoms with E-state index in [0.717, 1.165) is 10.8 Å². The maximum atomic E-state index is 15.0. The number of hydrogen-bond acceptors (Lipinski definition) is 5. The number of carbonyl (C=O) groups is 3. The summed E-state index contributed by atoms with van der Waals surface area (Å²) in [6.45, 7) is 12.0. The van der Waals surface area contributed by atoms with Gasteiger partial charge in [0.2, 0.25) is 11.8 Å². The number of fused-ring (bicyclic) bond motifs is 2. The first kappa shape index (κ1) is 31.7. The van der Waals surface area contributed by atoms with Crippen LogP contribution in [0.2, 0.25) is 0 Å². The highest BCUT2D eigenvalue weighted by molar-refractivity contribution is 6.07. The predicted octanol–water partition coefficient (Wildman–Crippen LogP) is 5.36. The van der Waals surface area contributed by atoms with Gasteiger partial charge in [-0.1, -0.05) is 74.5 Å². The van der Waals surface area contributed by atoms with Gasteiger partial charge in [-0.2, -0.15) is 0 Å². The number of hydrogen-bond donors (Lipinski definition) is 1. The first-order chi connectivity index (χ1) is 22.2. The molecule has 3 aromatic carbocycles. The summed E-state index contributed by atoms with van der Waals surface area (Å²) in [7, 11) is 0. The minimum atomic E-state index is -1.20. The molecule has 3 fully saturated rings. The molecule has 2 unspecified atom stereocenters. The third-order valence-electron chi connectivity index (χ3n) is 9.87. The minimum absolute atomic E-state index is 0.152. The molecule has 240 valence electrons. The van der Waals surface area contributed by atoms with E-state index in [9.17, 15) is 14.7 Å². The molecule has 0 aromatic heterocycles.